The maximum atomic E-state index is 5.40. The van der Waals surface area contributed by atoms with Crippen molar-refractivity contribution < 1.29 is 38.6 Å². The molecule has 0 radical (unpaired) electrons. The summed E-state index contributed by atoms with van der Waals surface area (Å²) >= 11 is 0. The van der Waals surface area contributed by atoms with Crippen LogP contribution in [0.4, 0.5) is 0 Å². The average molecular weight is 354 g/mol. The van der Waals surface area contributed by atoms with E-state index in [0.29, 0.717) is 0 Å². The Labute approximate surface area is 145 Å². The van der Waals surface area contributed by atoms with Gasteiger partial charge in [-0.05, 0) is 0 Å². The fourth-order valence-electron chi connectivity index (χ4n) is 1.14. The number of allylic oxidation sites excluding steroid dienone is 9. The van der Waals surface area contributed by atoms with Crippen molar-refractivity contribution in [1.29, 1.82) is 0 Å². The van der Waals surface area contributed by atoms with Crippen LogP contribution >= 0.6 is 0 Å². The SMILES string of the molecule is [C-]1=CC=CC1.[C-]1=CC=CC1.[CH-]=C(C)CCCC.[Cl-].[Zr+4]. The van der Waals surface area contributed by atoms with Crippen LogP contribution in [0.3, 0.4) is 0 Å². The van der Waals surface area contributed by atoms with Crippen molar-refractivity contribution in [2.75, 3.05) is 0 Å². The molecule has 0 fully saturated rings. The molecule has 0 atom stereocenters. The fraction of sp³-hybridized carbons (Fsp3) is 0.412. The topological polar surface area (TPSA) is 0 Å². The van der Waals surface area contributed by atoms with E-state index in [9.17, 15) is 0 Å². The molecule has 0 heterocycles. The second kappa shape index (κ2) is 20.2. The maximum absolute atomic E-state index is 5.40. The predicted octanol–water partition coefficient (Wildman–Crippen LogP) is 2.17. The molecule has 0 aromatic heterocycles. The van der Waals surface area contributed by atoms with Crippen LogP contribution in [0.5, 0.6) is 0 Å². The van der Waals surface area contributed by atoms with E-state index in [4.69, 9.17) is 6.58 Å². The maximum Gasteiger partial charge on any atom is 4.00 e. The Kier molecular flexibility index (Phi) is 25.4. The van der Waals surface area contributed by atoms with Crippen LogP contribution in [0.25, 0.3) is 0 Å². The van der Waals surface area contributed by atoms with Crippen LogP contribution in [-0.2, 0) is 26.2 Å². The average Bonchev–Trinajstić information content (AvgIpc) is 3.01. The zero-order chi connectivity index (χ0) is 12.8. The molecule has 0 bridgehead atoms. The van der Waals surface area contributed by atoms with Gasteiger partial charge in [-0.2, -0.15) is 12.2 Å². The van der Waals surface area contributed by atoms with Crippen LogP contribution in [0.15, 0.2) is 42.0 Å². The van der Waals surface area contributed by atoms with Crippen molar-refractivity contribution in [3.05, 3.63) is 60.8 Å². The Balaban J connectivity index is -0.000000194. The van der Waals surface area contributed by atoms with Crippen LogP contribution < -0.4 is 12.4 Å². The molecule has 2 rings (SSSR count). The third kappa shape index (κ3) is 23.4. The van der Waals surface area contributed by atoms with Gasteiger partial charge in [-0.3, -0.25) is 17.7 Å². The van der Waals surface area contributed by atoms with E-state index >= 15 is 0 Å². The second-order valence-electron chi connectivity index (χ2n) is 3.96. The van der Waals surface area contributed by atoms with Crippen molar-refractivity contribution in [3.63, 3.8) is 0 Å². The van der Waals surface area contributed by atoms with Gasteiger partial charge in [0.15, 0.2) is 0 Å². The van der Waals surface area contributed by atoms with Crippen LogP contribution in [0.1, 0.15) is 46.0 Å². The molecule has 0 saturated carbocycles. The van der Waals surface area contributed by atoms with Crippen molar-refractivity contribution >= 4 is 0 Å². The third-order valence-electron chi connectivity index (χ3n) is 2.10. The Morgan fingerprint density at radius 2 is 1.58 bits per heavy atom. The minimum absolute atomic E-state index is 0. The molecular formula is C17H23ClZr. The van der Waals surface area contributed by atoms with Gasteiger partial charge in [0.05, 0.1) is 0 Å². The quantitative estimate of drug-likeness (QED) is 0.682. The smallest absolute Gasteiger partial charge is 1.00 e. The first-order valence-electron chi connectivity index (χ1n) is 6.28. The summed E-state index contributed by atoms with van der Waals surface area (Å²) in [7, 11) is 0. The van der Waals surface area contributed by atoms with E-state index in [0.717, 1.165) is 24.8 Å². The molecule has 2 heteroatoms. The summed E-state index contributed by atoms with van der Waals surface area (Å²) in [6.45, 7) is 9.53. The molecular weight excluding hydrogens is 331 g/mol. The van der Waals surface area contributed by atoms with Crippen LogP contribution in [0, 0.1) is 18.7 Å². The van der Waals surface area contributed by atoms with E-state index in [-0.39, 0.29) is 38.6 Å². The fourth-order valence-corrected chi connectivity index (χ4v) is 1.14. The molecule has 19 heavy (non-hydrogen) atoms. The Hall–Kier alpha value is -0.127. The molecule has 0 aliphatic heterocycles. The first-order chi connectivity index (χ1) is 8.27. The van der Waals surface area contributed by atoms with Crippen molar-refractivity contribution in [1.82, 2.24) is 0 Å². The van der Waals surface area contributed by atoms with E-state index in [2.05, 4.69) is 31.2 Å². The largest absolute Gasteiger partial charge is 4.00 e. The number of unbranched alkanes of at least 4 members (excludes halogenated alkanes) is 1. The second-order valence-corrected chi connectivity index (χ2v) is 3.96. The summed E-state index contributed by atoms with van der Waals surface area (Å²) in [5, 5.41) is 0. The molecule has 2 aliphatic rings. The van der Waals surface area contributed by atoms with Gasteiger partial charge in [0.1, 0.15) is 0 Å². The molecule has 0 spiro atoms. The third-order valence-corrected chi connectivity index (χ3v) is 2.10. The normalized spacial score (nSPS) is 12.5. The van der Waals surface area contributed by atoms with Crippen molar-refractivity contribution in [3.8, 4) is 0 Å². The van der Waals surface area contributed by atoms with Gasteiger partial charge in [-0.1, -0.05) is 33.1 Å². The van der Waals surface area contributed by atoms with Gasteiger partial charge in [-0.15, -0.1) is 12.8 Å². The standard InChI is InChI=1S/C7H13.2C5H5.ClH.Zr/c1-4-5-6-7(2)3;2*1-2-4-5-3-1;;/h2H,4-6H2,1,3H3;2*1-3H,4H2;1H;/q3*-1;;+4/p-1. The molecule has 2 aliphatic carbocycles. The number of hydrogen-bond acceptors (Lipinski definition) is 0. The minimum atomic E-state index is 0. The monoisotopic (exact) mass is 352 g/mol. The molecule has 0 unspecified atom stereocenters. The first kappa shape index (κ1) is 23.9. The van der Waals surface area contributed by atoms with Crippen LogP contribution in [0.2, 0.25) is 0 Å². The van der Waals surface area contributed by atoms with Gasteiger partial charge in [-0.25, -0.2) is 24.3 Å². The Bertz CT molecular complexity index is 256. The van der Waals surface area contributed by atoms with E-state index in [1.165, 1.54) is 12.8 Å². The van der Waals surface area contributed by atoms with Gasteiger partial charge in [0, 0.05) is 0 Å². The zero-order valence-electron chi connectivity index (χ0n) is 12.0. The molecule has 0 N–H and O–H groups in total. The molecule has 0 nitrogen and oxygen atoms in total. The summed E-state index contributed by atoms with van der Waals surface area (Å²) in [4.78, 5) is 0. The summed E-state index contributed by atoms with van der Waals surface area (Å²) in [6.07, 6.45) is 23.6. The first-order valence-corrected chi connectivity index (χ1v) is 6.28. The Morgan fingerprint density at radius 3 is 1.68 bits per heavy atom. The molecule has 0 amide bonds. The minimum Gasteiger partial charge on any atom is -1.00 e. The molecule has 0 aromatic carbocycles. The molecule has 0 aromatic rings. The van der Waals surface area contributed by atoms with Gasteiger partial charge >= 0.3 is 26.2 Å². The van der Waals surface area contributed by atoms with E-state index < -0.39 is 0 Å². The van der Waals surface area contributed by atoms with Crippen LogP contribution in [-0.4, -0.2) is 0 Å². The molecule has 102 valence electrons. The summed E-state index contributed by atoms with van der Waals surface area (Å²) in [6, 6.07) is 0. The molecule has 0 saturated heterocycles. The van der Waals surface area contributed by atoms with E-state index in [1.54, 1.807) is 0 Å². The van der Waals surface area contributed by atoms with Gasteiger partial charge in [0.25, 0.3) is 0 Å². The summed E-state index contributed by atoms with van der Waals surface area (Å²) < 4.78 is 0. The van der Waals surface area contributed by atoms with Gasteiger partial charge < -0.3 is 19.0 Å². The number of halogens is 1. The summed E-state index contributed by atoms with van der Waals surface area (Å²) in [5.74, 6) is 0. The van der Waals surface area contributed by atoms with Crippen molar-refractivity contribution in [2.45, 2.75) is 46.0 Å². The number of rotatable bonds is 3. The summed E-state index contributed by atoms with van der Waals surface area (Å²) in [5.41, 5.74) is 1.06. The van der Waals surface area contributed by atoms with Gasteiger partial charge in [0.2, 0.25) is 0 Å². The number of hydrogen-bond donors (Lipinski definition) is 0. The predicted molar refractivity (Wildman–Crippen MR) is 76.2 cm³/mol. The van der Waals surface area contributed by atoms with Crippen molar-refractivity contribution in [2.24, 2.45) is 0 Å². The Morgan fingerprint density at radius 1 is 1.11 bits per heavy atom. The van der Waals surface area contributed by atoms with E-state index in [1.807, 2.05) is 31.2 Å². The zero-order valence-corrected chi connectivity index (χ0v) is 15.2.